The van der Waals surface area contributed by atoms with Crippen molar-refractivity contribution in [2.75, 3.05) is 17.3 Å². The van der Waals surface area contributed by atoms with Crippen LogP contribution in [0.15, 0.2) is 48.5 Å². The number of carbonyl (C=O) groups excluding carboxylic acids is 4. The number of nitrogens with one attached hydrogen (secondary N) is 1. The van der Waals surface area contributed by atoms with Crippen LogP contribution >= 0.6 is 0 Å². The minimum absolute atomic E-state index is 0.169. The molecule has 2 fully saturated rings. The fraction of sp³-hybridized carbons (Fsp3) is 0.360. The highest BCUT2D eigenvalue weighted by atomic mass is 16.5. The Morgan fingerprint density at radius 3 is 2.16 bits per heavy atom. The maximum Gasteiger partial charge on any atom is 0.337 e. The topological polar surface area (TPSA) is 92.8 Å². The van der Waals surface area contributed by atoms with Gasteiger partial charge in [-0.05, 0) is 66.8 Å². The van der Waals surface area contributed by atoms with Crippen molar-refractivity contribution in [3.63, 3.8) is 0 Å². The Hall–Kier alpha value is -3.48. The molecular formula is C25H26N2O5. The van der Waals surface area contributed by atoms with Crippen molar-refractivity contribution in [1.29, 1.82) is 0 Å². The molecule has 2 aromatic carbocycles. The summed E-state index contributed by atoms with van der Waals surface area (Å²) in [4.78, 5) is 51.8. The molecule has 0 spiro atoms. The van der Waals surface area contributed by atoms with Gasteiger partial charge in [-0.15, -0.1) is 0 Å². The summed E-state index contributed by atoms with van der Waals surface area (Å²) in [6.45, 7) is 5.95. The van der Waals surface area contributed by atoms with Crippen molar-refractivity contribution in [2.45, 2.75) is 33.6 Å². The van der Waals surface area contributed by atoms with E-state index in [1.54, 1.807) is 48.5 Å². The molecule has 2 aliphatic rings. The zero-order valence-corrected chi connectivity index (χ0v) is 18.6. The van der Waals surface area contributed by atoms with Crippen LogP contribution in [0.3, 0.4) is 0 Å². The number of hydrogen-bond acceptors (Lipinski definition) is 5. The van der Waals surface area contributed by atoms with E-state index in [1.807, 2.05) is 20.8 Å². The summed E-state index contributed by atoms with van der Waals surface area (Å²) in [7, 11) is 1.30. The summed E-state index contributed by atoms with van der Waals surface area (Å²) in [6, 6.07) is 12.8. The number of ether oxygens (including phenoxy) is 1. The van der Waals surface area contributed by atoms with Crippen LogP contribution in [0.25, 0.3) is 0 Å². The maximum absolute atomic E-state index is 13.3. The van der Waals surface area contributed by atoms with Gasteiger partial charge in [0.05, 0.1) is 23.8 Å². The van der Waals surface area contributed by atoms with Gasteiger partial charge in [0, 0.05) is 17.2 Å². The average Bonchev–Trinajstić information content (AvgIpc) is 2.97. The molecule has 1 saturated carbocycles. The van der Waals surface area contributed by atoms with E-state index < -0.39 is 11.4 Å². The van der Waals surface area contributed by atoms with Gasteiger partial charge in [-0.1, -0.05) is 20.8 Å². The fourth-order valence-corrected chi connectivity index (χ4v) is 4.84. The number of amides is 3. The number of esters is 1. The van der Waals surface area contributed by atoms with Crippen LogP contribution < -0.4 is 10.2 Å². The third kappa shape index (κ3) is 3.20. The second kappa shape index (κ2) is 7.58. The molecule has 2 atom stereocenters. The van der Waals surface area contributed by atoms with Crippen molar-refractivity contribution in [2.24, 2.45) is 16.7 Å². The van der Waals surface area contributed by atoms with Crippen LogP contribution in [0.5, 0.6) is 0 Å². The highest BCUT2D eigenvalue weighted by molar-refractivity contribution is 6.20. The predicted molar refractivity (Wildman–Crippen MR) is 119 cm³/mol. The maximum atomic E-state index is 13.3. The van der Waals surface area contributed by atoms with Gasteiger partial charge in [-0.25, -0.2) is 9.69 Å². The Morgan fingerprint density at radius 1 is 0.969 bits per heavy atom. The number of fused-ring (bicyclic) bond motifs is 2. The monoisotopic (exact) mass is 434 g/mol. The minimum Gasteiger partial charge on any atom is -0.465 e. The predicted octanol–water partition coefficient (Wildman–Crippen LogP) is 4.04. The van der Waals surface area contributed by atoms with Crippen molar-refractivity contribution >= 4 is 35.1 Å². The number of benzene rings is 2. The van der Waals surface area contributed by atoms with Crippen LogP contribution in [0, 0.1) is 16.7 Å². The summed E-state index contributed by atoms with van der Waals surface area (Å²) in [5.41, 5.74) is 0.819. The van der Waals surface area contributed by atoms with Gasteiger partial charge in [0.25, 0.3) is 5.91 Å². The number of carbonyl (C=O) groups is 4. The van der Waals surface area contributed by atoms with E-state index in [4.69, 9.17) is 0 Å². The van der Waals surface area contributed by atoms with E-state index in [0.717, 1.165) is 0 Å². The molecule has 1 heterocycles. The Bertz CT molecular complexity index is 1100. The number of imide groups is 1. The van der Waals surface area contributed by atoms with E-state index in [9.17, 15) is 19.2 Å². The SMILES string of the molecule is COC(=O)c1ccc(NC(=O)c2ccc(N3C(=O)[C@H]4CC[C@@](C)(C3=O)C4(C)C)cc2)cc1. The Morgan fingerprint density at radius 2 is 1.56 bits per heavy atom. The highest BCUT2D eigenvalue weighted by Gasteiger charge is 2.64. The van der Waals surface area contributed by atoms with Crippen molar-refractivity contribution in [3.05, 3.63) is 59.7 Å². The molecular weight excluding hydrogens is 408 g/mol. The molecule has 1 aliphatic carbocycles. The first kappa shape index (κ1) is 21.7. The lowest BCUT2D eigenvalue weighted by molar-refractivity contribution is -0.146. The fourth-order valence-electron chi connectivity index (χ4n) is 4.84. The lowest BCUT2D eigenvalue weighted by Crippen LogP contribution is -2.59. The molecule has 0 aromatic heterocycles. The van der Waals surface area contributed by atoms with Gasteiger partial charge in [-0.2, -0.15) is 0 Å². The van der Waals surface area contributed by atoms with Gasteiger partial charge >= 0.3 is 5.97 Å². The molecule has 0 radical (unpaired) electrons. The molecule has 3 amide bonds. The minimum atomic E-state index is -0.585. The molecule has 1 saturated heterocycles. The first-order chi connectivity index (χ1) is 15.1. The summed E-state index contributed by atoms with van der Waals surface area (Å²) >= 11 is 0. The third-order valence-electron chi connectivity index (χ3n) is 7.37. The molecule has 4 rings (SSSR count). The number of piperidine rings is 1. The Labute approximate surface area is 186 Å². The Balaban J connectivity index is 1.51. The molecule has 0 unspecified atom stereocenters. The van der Waals surface area contributed by atoms with Gasteiger partial charge in [-0.3, -0.25) is 14.4 Å². The molecule has 2 aromatic rings. The van der Waals surface area contributed by atoms with Crippen molar-refractivity contribution < 1.29 is 23.9 Å². The van der Waals surface area contributed by atoms with Gasteiger partial charge < -0.3 is 10.1 Å². The molecule has 1 aliphatic heterocycles. The zero-order valence-electron chi connectivity index (χ0n) is 18.6. The lowest BCUT2D eigenvalue weighted by Gasteiger charge is -2.47. The molecule has 166 valence electrons. The number of methoxy groups -OCH3 is 1. The van der Waals surface area contributed by atoms with E-state index in [0.29, 0.717) is 35.3 Å². The van der Waals surface area contributed by atoms with E-state index >= 15 is 0 Å². The molecule has 7 nitrogen and oxygen atoms in total. The molecule has 1 N–H and O–H groups in total. The van der Waals surface area contributed by atoms with Crippen LogP contribution in [-0.2, 0) is 14.3 Å². The molecule has 7 heteroatoms. The zero-order chi connectivity index (χ0) is 23.3. The van der Waals surface area contributed by atoms with E-state index in [1.165, 1.54) is 12.0 Å². The van der Waals surface area contributed by atoms with Crippen LogP contribution in [0.1, 0.15) is 54.3 Å². The van der Waals surface area contributed by atoms with E-state index in [-0.39, 0.29) is 29.1 Å². The summed E-state index contributed by atoms with van der Waals surface area (Å²) in [5.74, 6) is -1.33. The summed E-state index contributed by atoms with van der Waals surface area (Å²) in [6.07, 6.45) is 1.40. The number of rotatable bonds is 4. The van der Waals surface area contributed by atoms with Gasteiger partial charge in [0.15, 0.2) is 0 Å². The van der Waals surface area contributed by atoms with Gasteiger partial charge in [0.2, 0.25) is 11.8 Å². The smallest absolute Gasteiger partial charge is 0.337 e. The molecule has 32 heavy (non-hydrogen) atoms. The van der Waals surface area contributed by atoms with Crippen LogP contribution in [0.4, 0.5) is 11.4 Å². The Kier molecular flexibility index (Phi) is 5.15. The summed E-state index contributed by atoms with van der Waals surface area (Å²) in [5, 5.41) is 2.76. The third-order valence-corrected chi connectivity index (χ3v) is 7.37. The van der Waals surface area contributed by atoms with Crippen LogP contribution in [0.2, 0.25) is 0 Å². The normalized spacial score (nSPS) is 23.8. The number of hydrogen-bond donors (Lipinski definition) is 1. The quantitative estimate of drug-likeness (QED) is 0.579. The first-order valence-electron chi connectivity index (χ1n) is 10.6. The second-order valence-electron chi connectivity index (χ2n) is 9.19. The first-order valence-corrected chi connectivity index (χ1v) is 10.6. The largest absolute Gasteiger partial charge is 0.465 e. The summed E-state index contributed by atoms with van der Waals surface area (Å²) < 4.78 is 4.66. The van der Waals surface area contributed by atoms with Gasteiger partial charge in [0.1, 0.15) is 0 Å². The highest BCUT2D eigenvalue weighted by Crippen LogP contribution is 2.60. The van der Waals surface area contributed by atoms with Crippen LogP contribution in [-0.4, -0.2) is 30.8 Å². The van der Waals surface area contributed by atoms with Crippen molar-refractivity contribution in [3.8, 4) is 0 Å². The standard InChI is InChI=1S/C25H26N2O5/c1-24(2)19-13-14-25(24,3)23(31)27(21(19)29)18-11-7-15(8-12-18)20(28)26-17-9-5-16(6-10-17)22(30)32-4/h5-12,19H,13-14H2,1-4H3,(H,26,28)/t19-,25+/m1/s1. The number of anilines is 2. The molecule has 2 bridgehead atoms. The number of nitrogens with zero attached hydrogens (tertiary/aromatic N) is 1. The lowest BCUT2D eigenvalue weighted by atomic mass is 9.62. The second-order valence-corrected chi connectivity index (χ2v) is 9.19. The van der Waals surface area contributed by atoms with E-state index in [2.05, 4.69) is 10.1 Å². The average molecular weight is 434 g/mol. The van der Waals surface area contributed by atoms with Crippen molar-refractivity contribution in [1.82, 2.24) is 0 Å².